The molecule has 30 heavy (non-hydrogen) atoms. The third kappa shape index (κ3) is 4.58. The summed E-state index contributed by atoms with van der Waals surface area (Å²) in [6, 6.07) is 18.1. The van der Waals surface area contributed by atoms with Gasteiger partial charge in [0.1, 0.15) is 17.6 Å². The van der Waals surface area contributed by atoms with Crippen LogP contribution >= 0.6 is 28.1 Å². The molecule has 0 unspecified atom stereocenters. The lowest BCUT2D eigenvalue weighted by atomic mass is 10.0. The summed E-state index contributed by atoms with van der Waals surface area (Å²) in [6.45, 7) is 1.86. The number of hydrogen-bond donors (Lipinski definition) is 1. The van der Waals surface area contributed by atoms with E-state index in [9.17, 15) is 0 Å². The van der Waals surface area contributed by atoms with Crippen LogP contribution in [0, 0.1) is 0 Å². The molecule has 2 aromatic heterocycles. The van der Waals surface area contributed by atoms with Crippen LogP contribution in [-0.2, 0) is 0 Å². The van der Waals surface area contributed by atoms with Crippen LogP contribution in [0.15, 0.2) is 69.7 Å². The highest BCUT2D eigenvalue weighted by molar-refractivity contribution is 9.10. The van der Waals surface area contributed by atoms with Crippen LogP contribution in [0.25, 0.3) is 11.3 Å². The largest absolute Gasteiger partial charge is 0.459 e. The Balaban J connectivity index is 1.65. The Hall–Kier alpha value is -2.22. The number of pyridine rings is 1. The Morgan fingerprint density at radius 3 is 2.63 bits per heavy atom. The van der Waals surface area contributed by atoms with Gasteiger partial charge in [0.05, 0.1) is 11.7 Å². The number of nitrogens with one attached hydrogen (secondary N) is 1. The number of hydrogen-bond acceptors (Lipinski definition) is 4. The molecule has 0 amide bonds. The smallest absolute Gasteiger partial charge is 0.170 e. The predicted octanol–water partition coefficient (Wildman–Crippen LogP) is 5.03. The van der Waals surface area contributed by atoms with Gasteiger partial charge in [0.15, 0.2) is 5.11 Å². The van der Waals surface area contributed by atoms with E-state index in [1.807, 2.05) is 42.6 Å². The summed E-state index contributed by atoms with van der Waals surface area (Å²) in [5.41, 5.74) is 2.01. The molecule has 0 saturated carbocycles. The van der Waals surface area contributed by atoms with Crippen molar-refractivity contribution in [3.8, 4) is 11.3 Å². The van der Waals surface area contributed by atoms with Gasteiger partial charge in [-0.1, -0.05) is 34.1 Å². The van der Waals surface area contributed by atoms with Crippen molar-refractivity contribution in [2.45, 2.75) is 18.5 Å². The minimum atomic E-state index is -0.0537. The number of rotatable bonds is 7. The van der Waals surface area contributed by atoms with Gasteiger partial charge in [0.25, 0.3) is 0 Å². The summed E-state index contributed by atoms with van der Waals surface area (Å²) in [6.07, 6.45) is 2.84. The van der Waals surface area contributed by atoms with Crippen LogP contribution < -0.4 is 5.32 Å². The van der Waals surface area contributed by atoms with E-state index < -0.39 is 0 Å². The van der Waals surface area contributed by atoms with E-state index in [1.165, 1.54) is 0 Å². The third-order valence-corrected chi connectivity index (χ3v) is 6.13. The second-order valence-electron chi connectivity index (χ2n) is 7.69. The van der Waals surface area contributed by atoms with E-state index in [0.717, 1.165) is 51.9 Å². The molecule has 4 rings (SSSR count). The van der Waals surface area contributed by atoms with E-state index in [4.69, 9.17) is 16.6 Å². The fourth-order valence-corrected chi connectivity index (χ4v) is 4.39. The first-order valence-electron chi connectivity index (χ1n) is 10.0. The van der Waals surface area contributed by atoms with Crippen molar-refractivity contribution in [1.82, 2.24) is 20.1 Å². The van der Waals surface area contributed by atoms with Crippen LogP contribution in [-0.4, -0.2) is 47.1 Å². The molecular weight excluding hydrogens is 460 g/mol. The van der Waals surface area contributed by atoms with E-state index >= 15 is 0 Å². The maximum atomic E-state index is 6.36. The Bertz CT molecular complexity index is 990. The molecule has 0 bridgehead atoms. The number of benzene rings is 1. The second-order valence-corrected chi connectivity index (χ2v) is 8.99. The van der Waals surface area contributed by atoms with Crippen molar-refractivity contribution in [1.29, 1.82) is 0 Å². The highest BCUT2D eigenvalue weighted by Crippen LogP contribution is 2.40. The van der Waals surface area contributed by atoms with Crippen molar-refractivity contribution in [2.75, 3.05) is 27.2 Å². The Morgan fingerprint density at radius 2 is 1.93 bits per heavy atom. The molecular formula is C23H25BrN4OS. The minimum absolute atomic E-state index is 0.0428. The highest BCUT2D eigenvalue weighted by Gasteiger charge is 2.41. The zero-order chi connectivity index (χ0) is 21.1. The molecule has 156 valence electrons. The van der Waals surface area contributed by atoms with Crippen molar-refractivity contribution in [3.63, 3.8) is 0 Å². The molecule has 0 aliphatic carbocycles. The Kier molecular flexibility index (Phi) is 6.51. The SMILES string of the molecule is CN(C)CCCN1C(=S)N[C@H](c2ccccn2)[C@@H]1c1ccc(-c2ccc(Br)cc2)o1. The fraction of sp³-hybridized carbons (Fsp3) is 0.304. The average molecular weight is 485 g/mol. The first-order valence-corrected chi connectivity index (χ1v) is 11.2. The van der Waals surface area contributed by atoms with Gasteiger partial charge in [0, 0.05) is 22.8 Å². The average Bonchev–Trinajstić information content (AvgIpc) is 3.34. The Morgan fingerprint density at radius 1 is 1.13 bits per heavy atom. The molecule has 1 fully saturated rings. The van der Waals surface area contributed by atoms with Crippen molar-refractivity contribution >= 4 is 33.3 Å². The lowest BCUT2D eigenvalue weighted by Crippen LogP contribution is -2.32. The zero-order valence-corrected chi connectivity index (χ0v) is 19.5. The second kappa shape index (κ2) is 9.29. The molecule has 1 aromatic carbocycles. The monoisotopic (exact) mass is 484 g/mol. The summed E-state index contributed by atoms with van der Waals surface area (Å²) >= 11 is 9.20. The van der Waals surface area contributed by atoms with Crippen LogP contribution in [0.2, 0.25) is 0 Å². The molecule has 3 aromatic rings. The Labute approximate surface area is 191 Å². The summed E-state index contributed by atoms with van der Waals surface area (Å²) in [5.74, 6) is 1.74. The van der Waals surface area contributed by atoms with Gasteiger partial charge in [0.2, 0.25) is 0 Å². The topological polar surface area (TPSA) is 44.5 Å². The number of furan rings is 1. The van der Waals surface area contributed by atoms with Crippen LogP contribution in [0.1, 0.15) is 30.0 Å². The normalized spacial score (nSPS) is 18.8. The number of thiocarbonyl (C=S) groups is 1. The maximum absolute atomic E-state index is 6.36. The first kappa shape index (κ1) is 21.0. The van der Waals surface area contributed by atoms with Gasteiger partial charge in [-0.05, 0) is 75.7 Å². The van der Waals surface area contributed by atoms with Crippen LogP contribution in [0.5, 0.6) is 0 Å². The van der Waals surface area contributed by atoms with Gasteiger partial charge >= 0.3 is 0 Å². The summed E-state index contributed by atoms with van der Waals surface area (Å²) < 4.78 is 7.40. The van der Waals surface area contributed by atoms with Gasteiger partial charge in [-0.3, -0.25) is 4.98 Å². The lowest BCUT2D eigenvalue weighted by molar-refractivity contribution is 0.261. The molecule has 5 nitrogen and oxygen atoms in total. The third-order valence-electron chi connectivity index (χ3n) is 5.25. The molecule has 7 heteroatoms. The molecule has 1 saturated heterocycles. The molecule has 0 spiro atoms. The lowest BCUT2D eigenvalue weighted by Gasteiger charge is -2.26. The van der Waals surface area contributed by atoms with Gasteiger partial charge in [-0.25, -0.2) is 0 Å². The maximum Gasteiger partial charge on any atom is 0.170 e. The quantitative estimate of drug-likeness (QED) is 0.474. The molecule has 1 N–H and O–H groups in total. The molecule has 2 atom stereocenters. The summed E-state index contributed by atoms with van der Waals surface area (Å²) in [5, 5.41) is 4.22. The number of aromatic nitrogens is 1. The fourth-order valence-electron chi connectivity index (χ4n) is 3.79. The number of nitrogens with zero attached hydrogens (tertiary/aromatic N) is 3. The van der Waals surface area contributed by atoms with Crippen molar-refractivity contribution in [2.24, 2.45) is 0 Å². The van der Waals surface area contributed by atoms with Crippen molar-refractivity contribution in [3.05, 3.63) is 76.7 Å². The first-order chi connectivity index (χ1) is 14.5. The zero-order valence-electron chi connectivity index (χ0n) is 17.1. The molecule has 1 aliphatic heterocycles. The van der Waals surface area contributed by atoms with E-state index in [0.29, 0.717) is 0 Å². The summed E-state index contributed by atoms with van der Waals surface area (Å²) in [4.78, 5) is 9.01. The van der Waals surface area contributed by atoms with Crippen LogP contribution in [0.4, 0.5) is 0 Å². The predicted molar refractivity (Wildman–Crippen MR) is 127 cm³/mol. The molecule has 3 heterocycles. The van der Waals surface area contributed by atoms with Gasteiger partial charge in [-0.2, -0.15) is 0 Å². The summed E-state index contributed by atoms with van der Waals surface area (Å²) in [7, 11) is 4.18. The molecule has 0 radical (unpaired) electrons. The standard InChI is InChI=1S/C23H25BrN4OS/c1-27(2)14-5-15-28-22(21(26-23(28)30)18-6-3-4-13-25-18)20-12-11-19(29-20)16-7-9-17(24)10-8-16/h3-4,6-13,21-22H,5,14-15H2,1-2H3,(H,26,30)/t21-,22+/m1/s1. The highest BCUT2D eigenvalue weighted by atomic mass is 79.9. The number of halogens is 1. The van der Waals surface area contributed by atoms with Crippen LogP contribution in [0.3, 0.4) is 0 Å². The van der Waals surface area contributed by atoms with Gasteiger partial charge in [-0.15, -0.1) is 0 Å². The molecule has 1 aliphatic rings. The van der Waals surface area contributed by atoms with E-state index in [2.05, 4.69) is 68.3 Å². The minimum Gasteiger partial charge on any atom is -0.459 e. The van der Waals surface area contributed by atoms with Crippen molar-refractivity contribution < 1.29 is 4.42 Å². The van der Waals surface area contributed by atoms with Gasteiger partial charge < -0.3 is 19.5 Å². The van der Waals surface area contributed by atoms with E-state index in [1.54, 1.807) is 0 Å². The van der Waals surface area contributed by atoms with E-state index in [-0.39, 0.29) is 12.1 Å².